The summed E-state index contributed by atoms with van der Waals surface area (Å²) in [5.74, 6) is -2.66. The average molecular weight is 288 g/mol. The third-order valence-corrected chi connectivity index (χ3v) is 2.77. The van der Waals surface area contributed by atoms with Crippen LogP contribution in [-0.4, -0.2) is 14.8 Å². The van der Waals surface area contributed by atoms with Gasteiger partial charge in [0.25, 0.3) is 0 Å². The summed E-state index contributed by atoms with van der Waals surface area (Å²) in [6, 6.07) is 11.2. The van der Waals surface area contributed by atoms with Crippen molar-refractivity contribution in [3.63, 3.8) is 0 Å². The van der Waals surface area contributed by atoms with Crippen LogP contribution in [0.1, 0.15) is 0 Å². The number of nitrogens with zero attached hydrogens (tertiary/aromatic N) is 3. The lowest BCUT2D eigenvalue weighted by molar-refractivity contribution is 0.395. The molecule has 0 radical (unpaired) electrons. The van der Waals surface area contributed by atoms with E-state index in [-0.39, 0.29) is 11.7 Å². The number of nitrogens with two attached hydrogens (primary N) is 1. The van der Waals surface area contributed by atoms with Gasteiger partial charge in [-0.05, 0) is 24.3 Å². The maximum Gasteiger partial charge on any atom is 0.341 e. The summed E-state index contributed by atoms with van der Waals surface area (Å²) in [5, 5.41) is 4.03. The van der Waals surface area contributed by atoms with E-state index in [1.807, 2.05) is 30.3 Å². The van der Waals surface area contributed by atoms with Crippen LogP contribution in [0.4, 0.5) is 14.5 Å². The number of nitrogen functional groups attached to an aromatic ring is 1. The molecule has 3 rings (SSSR count). The van der Waals surface area contributed by atoms with Gasteiger partial charge in [-0.15, -0.1) is 5.10 Å². The van der Waals surface area contributed by atoms with Crippen molar-refractivity contribution in [3.05, 3.63) is 60.4 Å². The molecule has 5 nitrogen and oxygen atoms in total. The molecule has 7 heteroatoms. The van der Waals surface area contributed by atoms with Crippen LogP contribution in [0.5, 0.6) is 11.8 Å². The van der Waals surface area contributed by atoms with Gasteiger partial charge in [0.1, 0.15) is 6.33 Å². The first kappa shape index (κ1) is 13.0. The number of ether oxygens (including phenoxy) is 1. The Morgan fingerprint density at radius 1 is 1.05 bits per heavy atom. The minimum atomic E-state index is -1.17. The van der Waals surface area contributed by atoms with Crippen LogP contribution in [0.25, 0.3) is 5.69 Å². The minimum Gasteiger partial charge on any atom is -0.418 e. The monoisotopic (exact) mass is 288 g/mol. The number of hydrogen-bond donors (Lipinski definition) is 1. The lowest BCUT2D eigenvalue weighted by Gasteiger charge is -2.06. The summed E-state index contributed by atoms with van der Waals surface area (Å²) in [5.41, 5.74) is 6.28. The summed E-state index contributed by atoms with van der Waals surface area (Å²) in [6.45, 7) is 0. The molecule has 0 aliphatic carbocycles. The Morgan fingerprint density at radius 2 is 1.81 bits per heavy atom. The minimum absolute atomic E-state index is 0.0371. The van der Waals surface area contributed by atoms with Crippen LogP contribution in [0.2, 0.25) is 0 Å². The Morgan fingerprint density at radius 3 is 2.57 bits per heavy atom. The lowest BCUT2D eigenvalue weighted by atomic mass is 10.3. The van der Waals surface area contributed by atoms with Crippen molar-refractivity contribution in [3.8, 4) is 17.4 Å². The van der Waals surface area contributed by atoms with Crippen molar-refractivity contribution >= 4 is 5.69 Å². The molecule has 0 bridgehead atoms. The van der Waals surface area contributed by atoms with Gasteiger partial charge in [0.15, 0.2) is 11.6 Å². The Bertz CT molecular complexity index is 774. The molecule has 3 aromatic rings. The molecule has 2 N–H and O–H groups in total. The number of halogens is 2. The van der Waals surface area contributed by atoms with E-state index in [9.17, 15) is 8.78 Å². The summed E-state index contributed by atoms with van der Waals surface area (Å²) >= 11 is 0. The fourth-order valence-electron chi connectivity index (χ4n) is 1.74. The Labute approximate surface area is 118 Å². The highest BCUT2D eigenvalue weighted by atomic mass is 19.2. The van der Waals surface area contributed by atoms with E-state index in [1.165, 1.54) is 17.1 Å². The molecule has 2 aromatic carbocycles. The van der Waals surface area contributed by atoms with Gasteiger partial charge >= 0.3 is 6.01 Å². The molecule has 1 aromatic heterocycles. The number of benzene rings is 2. The second kappa shape index (κ2) is 5.20. The second-order valence-corrected chi connectivity index (χ2v) is 4.19. The zero-order valence-electron chi connectivity index (χ0n) is 10.7. The zero-order valence-corrected chi connectivity index (χ0v) is 10.7. The number of aromatic nitrogens is 3. The van der Waals surface area contributed by atoms with E-state index in [0.717, 1.165) is 11.8 Å². The fraction of sp³-hybridized carbons (Fsp3) is 0. The molecule has 0 fully saturated rings. The molecule has 0 amide bonds. The third-order valence-electron chi connectivity index (χ3n) is 2.77. The first-order chi connectivity index (χ1) is 10.1. The molecule has 106 valence electrons. The van der Waals surface area contributed by atoms with Crippen LogP contribution in [0.3, 0.4) is 0 Å². The summed E-state index contributed by atoms with van der Waals surface area (Å²) in [6.07, 6.45) is 1.40. The van der Waals surface area contributed by atoms with Crippen LogP contribution in [0, 0.1) is 11.6 Å². The molecule has 0 saturated carbocycles. The standard InChI is InChI=1S/C14H10F2N4O/c15-10-6-7-11(17)13(12(10)16)21-14-18-8-20(19-14)9-4-2-1-3-5-9/h1-8H,17H2. The molecular formula is C14H10F2N4O. The van der Waals surface area contributed by atoms with Gasteiger partial charge in [0, 0.05) is 0 Å². The van der Waals surface area contributed by atoms with E-state index >= 15 is 0 Å². The maximum absolute atomic E-state index is 13.6. The zero-order chi connectivity index (χ0) is 14.8. The first-order valence-corrected chi connectivity index (χ1v) is 6.03. The molecule has 0 saturated heterocycles. The first-order valence-electron chi connectivity index (χ1n) is 6.03. The quantitative estimate of drug-likeness (QED) is 0.752. The normalized spacial score (nSPS) is 10.6. The summed E-state index contributed by atoms with van der Waals surface area (Å²) in [4.78, 5) is 3.88. The van der Waals surface area contributed by atoms with Gasteiger partial charge in [-0.2, -0.15) is 9.37 Å². The van der Waals surface area contributed by atoms with E-state index < -0.39 is 17.4 Å². The fourth-order valence-corrected chi connectivity index (χ4v) is 1.74. The van der Waals surface area contributed by atoms with Crippen LogP contribution in [0.15, 0.2) is 48.8 Å². The molecule has 0 atom stereocenters. The van der Waals surface area contributed by atoms with Crippen molar-refractivity contribution in [1.82, 2.24) is 14.8 Å². The second-order valence-electron chi connectivity index (χ2n) is 4.19. The highest BCUT2D eigenvalue weighted by Gasteiger charge is 2.16. The highest BCUT2D eigenvalue weighted by Crippen LogP contribution is 2.30. The number of rotatable bonds is 3. The maximum atomic E-state index is 13.6. The molecule has 0 spiro atoms. The lowest BCUT2D eigenvalue weighted by Crippen LogP contribution is -1.99. The number of para-hydroxylation sites is 1. The molecule has 0 aliphatic heterocycles. The number of hydrogen-bond acceptors (Lipinski definition) is 4. The number of anilines is 1. The summed E-state index contributed by atoms with van der Waals surface area (Å²) in [7, 11) is 0. The van der Waals surface area contributed by atoms with Gasteiger partial charge in [0.2, 0.25) is 5.82 Å². The van der Waals surface area contributed by atoms with Crippen molar-refractivity contribution in [2.45, 2.75) is 0 Å². The van der Waals surface area contributed by atoms with E-state index in [2.05, 4.69) is 10.1 Å². The van der Waals surface area contributed by atoms with Gasteiger partial charge in [-0.3, -0.25) is 0 Å². The molecule has 0 aliphatic rings. The van der Waals surface area contributed by atoms with Gasteiger partial charge in [0.05, 0.1) is 11.4 Å². The molecule has 0 unspecified atom stereocenters. The van der Waals surface area contributed by atoms with E-state index in [1.54, 1.807) is 0 Å². The van der Waals surface area contributed by atoms with E-state index in [4.69, 9.17) is 10.5 Å². The van der Waals surface area contributed by atoms with Crippen molar-refractivity contribution in [1.29, 1.82) is 0 Å². The van der Waals surface area contributed by atoms with Crippen molar-refractivity contribution in [2.75, 3.05) is 5.73 Å². The van der Waals surface area contributed by atoms with E-state index in [0.29, 0.717) is 0 Å². The van der Waals surface area contributed by atoms with Crippen LogP contribution >= 0.6 is 0 Å². The smallest absolute Gasteiger partial charge is 0.341 e. The Hall–Kier alpha value is -2.96. The largest absolute Gasteiger partial charge is 0.418 e. The SMILES string of the molecule is Nc1ccc(F)c(F)c1Oc1ncn(-c2ccccc2)n1. The topological polar surface area (TPSA) is 66.0 Å². The molecular weight excluding hydrogens is 278 g/mol. The predicted molar refractivity (Wildman–Crippen MR) is 72.2 cm³/mol. The van der Waals surface area contributed by atoms with Gasteiger partial charge in [-0.1, -0.05) is 18.2 Å². The highest BCUT2D eigenvalue weighted by molar-refractivity contribution is 5.54. The van der Waals surface area contributed by atoms with Crippen molar-refractivity contribution < 1.29 is 13.5 Å². The summed E-state index contributed by atoms with van der Waals surface area (Å²) < 4.78 is 33.4. The Kier molecular flexibility index (Phi) is 3.23. The molecule has 21 heavy (non-hydrogen) atoms. The van der Waals surface area contributed by atoms with Crippen LogP contribution < -0.4 is 10.5 Å². The third kappa shape index (κ3) is 2.53. The van der Waals surface area contributed by atoms with Gasteiger partial charge < -0.3 is 10.5 Å². The van der Waals surface area contributed by atoms with Crippen LogP contribution in [-0.2, 0) is 0 Å². The average Bonchev–Trinajstić information content (AvgIpc) is 2.97. The predicted octanol–water partition coefficient (Wildman–Crippen LogP) is 2.92. The van der Waals surface area contributed by atoms with Gasteiger partial charge in [-0.25, -0.2) is 9.07 Å². The molecule has 1 heterocycles. The Balaban J connectivity index is 1.91. The van der Waals surface area contributed by atoms with Crippen molar-refractivity contribution in [2.24, 2.45) is 0 Å².